The average molecular weight is 392 g/mol. The summed E-state index contributed by atoms with van der Waals surface area (Å²) in [5.74, 6) is 0. The zero-order valence-corrected chi connectivity index (χ0v) is 17.2. The van der Waals surface area contributed by atoms with Crippen molar-refractivity contribution in [2.75, 3.05) is 7.05 Å². The van der Waals surface area contributed by atoms with Gasteiger partial charge in [-0.25, -0.2) is 9.67 Å². The van der Waals surface area contributed by atoms with E-state index in [1.165, 1.54) is 37.7 Å². The molecule has 1 aliphatic heterocycles. The van der Waals surface area contributed by atoms with Crippen molar-refractivity contribution < 1.29 is 0 Å². The van der Waals surface area contributed by atoms with E-state index in [2.05, 4.69) is 35.0 Å². The van der Waals surface area contributed by atoms with Crippen LogP contribution >= 0.6 is 11.8 Å². The second kappa shape index (κ2) is 7.24. The van der Waals surface area contributed by atoms with Gasteiger partial charge in [0.25, 0.3) is 0 Å². The molecular weight excluding hydrogens is 366 g/mol. The van der Waals surface area contributed by atoms with Gasteiger partial charge in [0.05, 0.1) is 11.4 Å². The summed E-state index contributed by atoms with van der Waals surface area (Å²) in [6, 6.07) is 13.2. The van der Waals surface area contributed by atoms with Gasteiger partial charge in [-0.05, 0) is 49.7 Å². The molecule has 0 amide bonds. The Morgan fingerprint density at radius 2 is 1.89 bits per heavy atom. The SMILES string of the molecule is CN=C1Sc2nc3c(cc2CN1C1CCCCC1)c(C)nn3-c1ccccc1. The Hall–Kier alpha value is -2.34. The molecule has 3 aromatic rings. The maximum Gasteiger partial charge on any atom is 0.165 e. The van der Waals surface area contributed by atoms with Gasteiger partial charge in [0.15, 0.2) is 10.8 Å². The van der Waals surface area contributed by atoms with E-state index in [1.54, 1.807) is 11.8 Å². The van der Waals surface area contributed by atoms with Crippen LogP contribution in [0.3, 0.4) is 0 Å². The molecule has 1 aliphatic carbocycles. The number of aromatic nitrogens is 3. The Kier molecular flexibility index (Phi) is 4.59. The molecule has 0 spiro atoms. The first-order valence-electron chi connectivity index (χ1n) is 10.1. The van der Waals surface area contributed by atoms with Crippen LogP contribution in [0.25, 0.3) is 16.7 Å². The molecule has 6 heteroatoms. The van der Waals surface area contributed by atoms with Crippen LogP contribution in [0.15, 0.2) is 46.4 Å². The third-order valence-corrected chi connectivity index (χ3v) is 7.01. The number of benzene rings is 1. The molecule has 2 aromatic heterocycles. The Labute approximate surface area is 169 Å². The van der Waals surface area contributed by atoms with Gasteiger partial charge in [-0.3, -0.25) is 4.99 Å². The highest BCUT2D eigenvalue weighted by Gasteiger charge is 2.30. The minimum absolute atomic E-state index is 0.608. The maximum atomic E-state index is 5.05. The maximum absolute atomic E-state index is 5.05. The van der Waals surface area contributed by atoms with Crippen molar-refractivity contribution in [1.29, 1.82) is 0 Å². The fraction of sp³-hybridized carbons (Fsp3) is 0.409. The van der Waals surface area contributed by atoms with Crippen LogP contribution in [0.1, 0.15) is 43.4 Å². The highest BCUT2D eigenvalue weighted by Crippen LogP contribution is 2.37. The molecule has 1 saturated carbocycles. The number of fused-ring (bicyclic) bond motifs is 2. The number of rotatable bonds is 2. The van der Waals surface area contributed by atoms with E-state index in [1.807, 2.05) is 29.9 Å². The Bertz CT molecular complexity index is 1030. The number of pyridine rings is 1. The first-order chi connectivity index (χ1) is 13.7. The normalized spacial score (nSPS) is 19.4. The molecule has 2 aliphatic rings. The molecule has 0 atom stereocenters. The summed E-state index contributed by atoms with van der Waals surface area (Å²) in [7, 11) is 1.90. The molecule has 3 heterocycles. The summed E-state index contributed by atoms with van der Waals surface area (Å²) in [5.41, 5.74) is 4.29. The van der Waals surface area contributed by atoms with E-state index in [4.69, 9.17) is 10.1 Å². The summed E-state index contributed by atoms with van der Waals surface area (Å²) in [6.07, 6.45) is 6.57. The molecular formula is C22H25N5S. The standard InChI is InChI=1S/C22H25N5S/c1-15-19-13-16-14-26(17-9-5-3-6-10-17)22(23-2)28-21(16)24-20(19)27(25-15)18-11-7-4-8-12-18/h4,7-8,11-13,17H,3,5-6,9-10,14H2,1-2H3. The Morgan fingerprint density at radius 1 is 1.11 bits per heavy atom. The number of aliphatic imine (C=N–C) groups is 1. The number of nitrogens with zero attached hydrogens (tertiary/aromatic N) is 5. The first kappa shape index (κ1) is 17.7. The van der Waals surface area contributed by atoms with Crippen LogP contribution in [-0.4, -0.2) is 37.9 Å². The number of para-hydroxylation sites is 1. The first-order valence-corrected chi connectivity index (χ1v) is 10.9. The highest BCUT2D eigenvalue weighted by molar-refractivity contribution is 8.13. The van der Waals surface area contributed by atoms with Gasteiger partial charge in [0, 0.05) is 30.6 Å². The molecule has 1 aromatic carbocycles. The van der Waals surface area contributed by atoms with Gasteiger partial charge in [-0.1, -0.05) is 37.5 Å². The predicted octanol–water partition coefficient (Wildman–Crippen LogP) is 4.96. The van der Waals surface area contributed by atoms with Crippen LogP contribution in [0.2, 0.25) is 0 Å². The Balaban J connectivity index is 1.58. The van der Waals surface area contributed by atoms with Gasteiger partial charge in [0.1, 0.15) is 5.03 Å². The monoisotopic (exact) mass is 391 g/mol. The number of thioether (sulfide) groups is 1. The van der Waals surface area contributed by atoms with Gasteiger partial charge in [-0.15, -0.1) is 0 Å². The van der Waals surface area contributed by atoms with E-state index < -0.39 is 0 Å². The fourth-order valence-corrected chi connectivity index (χ4v) is 5.39. The lowest BCUT2D eigenvalue weighted by Crippen LogP contribution is -2.41. The van der Waals surface area contributed by atoms with Crippen LogP contribution in [-0.2, 0) is 6.54 Å². The average Bonchev–Trinajstić information content (AvgIpc) is 3.08. The zero-order valence-electron chi connectivity index (χ0n) is 16.4. The highest BCUT2D eigenvalue weighted by atomic mass is 32.2. The smallest absolute Gasteiger partial charge is 0.165 e. The molecule has 0 saturated heterocycles. The molecule has 0 bridgehead atoms. The van der Waals surface area contributed by atoms with Gasteiger partial charge < -0.3 is 4.90 Å². The zero-order chi connectivity index (χ0) is 19.1. The van der Waals surface area contributed by atoms with Crippen LogP contribution in [0.4, 0.5) is 0 Å². The van der Waals surface area contributed by atoms with Crippen molar-refractivity contribution in [3.8, 4) is 5.69 Å². The summed E-state index contributed by atoms with van der Waals surface area (Å²) < 4.78 is 1.96. The van der Waals surface area contributed by atoms with Crippen molar-refractivity contribution >= 4 is 28.0 Å². The summed E-state index contributed by atoms with van der Waals surface area (Å²) in [6.45, 7) is 2.97. The third-order valence-electron chi connectivity index (χ3n) is 5.86. The molecule has 5 nitrogen and oxygen atoms in total. The number of amidine groups is 1. The van der Waals surface area contributed by atoms with Crippen molar-refractivity contribution in [2.45, 2.75) is 56.6 Å². The molecule has 1 fully saturated rings. The van der Waals surface area contributed by atoms with Crippen molar-refractivity contribution in [3.63, 3.8) is 0 Å². The number of hydrogen-bond acceptors (Lipinski definition) is 4. The minimum atomic E-state index is 0.608. The van der Waals surface area contributed by atoms with E-state index in [0.29, 0.717) is 6.04 Å². The molecule has 0 radical (unpaired) electrons. The summed E-state index contributed by atoms with van der Waals surface area (Å²) in [4.78, 5) is 12.2. The molecule has 0 unspecified atom stereocenters. The van der Waals surface area contributed by atoms with E-state index in [9.17, 15) is 0 Å². The minimum Gasteiger partial charge on any atom is -0.344 e. The van der Waals surface area contributed by atoms with Crippen LogP contribution in [0, 0.1) is 6.92 Å². The second-order valence-corrected chi connectivity index (χ2v) is 8.64. The van der Waals surface area contributed by atoms with Crippen molar-refractivity contribution in [2.24, 2.45) is 4.99 Å². The number of aryl methyl sites for hydroxylation is 1. The molecule has 5 rings (SSSR count). The lowest BCUT2D eigenvalue weighted by molar-refractivity contribution is 0.238. The largest absolute Gasteiger partial charge is 0.344 e. The van der Waals surface area contributed by atoms with Crippen LogP contribution in [0.5, 0.6) is 0 Å². The van der Waals surface area contributed by atoms with Crippen molar-refractivity contribution in [3.05, 3.63) is 47.7 Å². The second-order valence-electron chi connectivity index (χ2n) is 7.68. The lowest BCUT2D eigenvalue weighted by atomic mass is 9.94. The topological polar surface area (TPSA) is 46.3 Å². The summed E-state index contributed by atoms with van der Waals surface area (Å²) in [5, 5.41) is 8.09. The van der Waals surface area contributed by atoms with E-state index in [0.717, 1.165) is 39.2 Å². The fourth-order valence-electron chi connectivity index (χ4n) is 4.41. The van der Waals surface area contributed by atoms with E-state index >= 15 is 0 Å². The molecule has 0 N–H and O–H groups in total. The van der Waals surface area contributed by atoms with Gasteiger partial charge in [-0.2, -0.15) is 5.10 Å². The van der Waals surface area contributed by atoms with E-state index in [-0.39, 0.29) is 0 Å². The summed E-state index contributed by atoms with van der Waals surface area (Å²) >= 11 is 1.71. The quantitative estimate of drug-likeness (QED) is 0.620. The van der Waals surface area contributed by atoms with Gasteiger partial charge in [0.2, 0.25) is 0 Å². The third kappa shape index (κ3) is 3.00. The molecule has 144 valence electrons. The predicted molar refractivity (Wildman–Crippen MR) is 115 cm³/mol. The molecule has 28 heavy (non-hydrogen) atoms. The van der Waals surface area contributed by atoms with Gasteiger partial charge >= 0.3 is 0 Å². The Morgan fingerprint density at radius 3 is 2.64 bits per heavy atom. The van der Waals surface area contributed by atoms with Crippen molar-refractivity contribution in [1.82, 2.24) is 19.7 Å². The lowest BCUT2D eigenvalue weighted by Gasteiger charge is -2.39. The number of hydrogen-bond donors (Lipinski definition) is 0. The van der Waals surface area contributed by atoms with Crippen LogP contribution < -0.4 is 0 Å².